The van der Waals surface area contributed by atoms with Crippen molar-refractivity contribution in [3.05, 3.63) is 34.3 Å². The van der Waals surface area contributed by atoms with E-state index in [4.69, 9.17) is 5.26 Å². The van der Waals surface area contributed by atoms with E-state index >= 15 is 0 Å². The Morgan fingerprint density at radius 2 is 2.11 bits per heavy atom. The van der Waals surface area contributed by atoms with Crippen molar-refractivity contribution in [3.8, 4) is 6.07 Å². The van der Waals surface area contributed by atoms with Crippen LogP contribution in [0.5, 0.6) is 0 Å². The second-order valence-corrected chi connectivity index (χ2v) is 4.92. The van der Waals surface area contributed by atoms with Gasteiger partial charge in [0.15, 0.2) is 0 Å². The van der Waals surface area contributed by atoms with E-state index in [2.05, 4.69) is 26.0 Å². The molecular formula is C12H12N4OS. The summed E-state index contributed by atoms with van der Waals surface area (Å²) in [7, 11) is 0. The minimum absolute atomic E-state index is 0.597. The van der Waals surface area contributed by atoms with Crippen LogP contribution >= 0.6 is 11.8 Å². The first-order chi connectivity index (χ1) is 8.61. The molecule has 0 N–H and O–H groups in total. The molecule has 0 unspecified atom stereocenters. The Balaban J connectivity index is 2.24. The van der Waals surface area contributed by atoms with Crippen molar-refractivity contribution in [2.75, 3.05) is 0 Å². The maximum Gasteiger partial charge on any atom is 0.118 e. The Labute approximate surface area is 109 Å². The Bertz CT molecular complexity index is 615. The van der Waals surface area contributed by atoms with Crippen molar-refractivity contribution in [2.45, 2.75) is 31.6 Å². The molecule has 2 aromatic heterocycles. The van der Waals surface area contributed by atoms with Crippen molar-refractivity contribution in [2.24, 2.45) is 0 Å². The fraction of sp³-hybridized carbons (Fsp3) is 0.333. The van der Waals surface area contributed by atoms with Gasteiger partial charge in [0, 0.05) is 11.4 Å². The molecule has 2 rings (SSSR count). The number of nitrogens with zero attached hydrogens (tertiary/aromatic N) is 4. The topological polar surface area (TPSA) is 75.6 Å². The van der Waals surface area contributed by atoms with Crippen LogP contribution in [0.2, 0.25) is 0 Å². The summed E-state index contributed by atoms with van der Waals surface area (Å²) in [5.74, 6) is 0.597. The smallest absolute Gasteiger partial charge is 0.118 e. The maximum absolute atomic E-state index is 9.15. The average molecular weight is 260 g/mol. The van der Waals surface area contributed by atoms with E-state index in [0.29, 0.717) is 11.3 Å². The van der Waals surface area contributed by atoms with E-state index in [-0.39, 0.29) is 0 Å². The SMILES string of the molecule is Cc1cc(C)c(C#N)c(SCc2nonc2C)n1. The van der Waals surface area contributed by atoms with Crippen LogP contribution in [0.25, 0.3) is 0 Å². The highest BCUT2D eigenvalue weighted by Gasteiger charge is 2.12. The molecule has 0 amide bonds. The van der Waals surface area contributed by atoms with Crippen LogP contribution in [0.15, 0.2) is 15.7 Å². The Morgan fingerprint density at radius 1 is 1.33 bits per heavy atom. The van der Waals surface area contributed by atoms with Crippen molar-refractivity contribution < 1.29 is 4.63 Å². The summed E-state index contributed by atoms with van der Waals surface area (Å²) in [6, 6.07) is 4.10. The van der Waals surface area contributed by atoms with E-state index in [1.54, 1.807) is 0 Å². The van der Waals surface area contributed by atoms with Gasteiger partial charge in [0.05, 0.1) is 5.56 Å². The van der Waals surface area contributed by atoms with Crippen molar-refractivity contribution in [3.63, 3.8) is 0 Å². The van der Waals surface area contributed by atoms with E-state index in [1.807, 2.05) is 26.8 Å². The molecule has 0 fully saturated rings. The molecule has 0 saturated carbocycles. The fourth-order valence-electron chi connectivity index (χ4n) is 1.56. The zero-order valence-electron chi connectivity index (χ0n) is 10.4. The van der Waals surface area contributed by atoms with Gasteiger partial charge in [0.25, 0.3) is 0 Å². The highest BCUT2D eigenvalue weighted by atomic mass is 32.2. The fourth-order valence-corrected chi connectivity index (χ4v) is 2.65. The normalized spacial score (nSPS) is 10.3. The van der Waals surface area contributed by atoms with Gasteiger partial charge in [-0.25, -0.2) is 9.61 Å². The van der Waals surface area contributed by atoms with Crippen LogP contribution in [-0.2, 0) is 5.75 Å². The van der Waals surface area contributed by atoms with Gasteiger partial charge in [0.1, 0.15) is 22.5 Å². The predicted molar refractivity (Wildman–Crippen MR) is 67.0 cm³/mol. The third-order valence-electron chi connectivity index (χ3n) is 2.52. The first-order valence-electron chi connectivity index (χ1n) is 5.41. The monoisotopic (exact) mass is 260 g/mol. The molecule has 0 aliphatic rings. The summed E-state index contributed by atoms with van der Waals surface area (Å²) in [6.45, 7) is 5.67. The van der Waals surface area contributed by atoms with Gasteiger partial charge in [-0.15, -0.1) is 0 Å². The van der Waals surface area contributed by atoms with E-state index in [0.717, 1.165) is 27.7 Å². The Kier molecular flexibility index (Phi) is 3.63. The summed E-state index contributed by atoms with van der Waals surface area (Å²) in [6.07, 6.45) is 0. The summed E-state index contributed by atoms with van der Waals surface area (Å²) in [4.78, 5) is 4.40. The van der Waals surface area contributed by atoms with E-state index in [1.165, 1.54) is 11.8 Å². The number of aryl methyl sites for hydroxylation is 3. The van der Waals surface area contributed by atoms with Gasteiger partial charge in [-0.1, -0.05) is 22.1 Å². The molecule has 6 heteroatoms. The van der Waals surface area contributed by atoms with E-state index < -0.39 is 0 Å². The van der Waals surface area contributed by atoms with Gasteiger partial charge in [-0.3, -0.25) is 0 Å². The lowest BCUT2D eigenvalue weighted by Gasteiger charge is -2.06. The largest absolute Gasteiger partial charge is 0.245 e. The minimum atomic E-state index is 0.597. The molecule has 0 saturated heterocycles. The lowest BCUT2D eigenvalue weighted by molar-refractivity contribution is 0.302. The highest BCUT2D eigenvalue weighted by molar-refractivity contribution is 7.98. The van der Waals surface area contributed by atoms with Crippen LogP contribution in [0.3, 0.4) is 0 Å². The molecule has 5 nitrogen and oxygen atoms in total. The van der Waals surface area contributed by atoms with Crippen molar-refractivity contribution >= 4 is 11.8 Å². The summed E-state index contributed by atoms with van der Waals surface area (Å²) in [5.41, 5.74) is 4.03. The lowest BCUT2D eigenvalue weighted by atomic mass is 10.1. The minimum Gasteiger partial charge on any atom is -0.245 e. The number of rotatable bonds is 3. The lowest BCUT2D eigenvalue weighted by Crippen LogP contribution is -1.95. The molecule has 0 aromatic carbocycles. The Hall–Kier alpha value is -1.87. The summed E-state index contributed by atoms with van der Waals surface area (Å²) < 4.78 is 4.64. The van der Waals surface area contributed by atoms with Gasteiger partial charge < -0.3 is 0 Å². The number of nitriles is 1. The van der Waals surface area contributed by atoms with Crippen molar-refractivity contribution in [1.29, 1.82) is 5.26 Å². The molecule has 2 heterocycles. The predicted octanol–water partition coefficient (Wildman–Crippen LogP) is 2.55. The first-order valence-corrected chi connectivity index (χ1v) is 6.39. The number of hydrogen-bond acceptors (Lipinski definition) is 6. The number of thioether (sulfide) groups is 1. The van der Waals surface area contributed by atoms with Crippen LogP contribution < -0.4 is 0 Å². The second-order valence-electron chi connectivity index (χ2n) is 3.96. The molecule has 0 bridgehead atoms. The van der Waals surface area contributed by atoms with Crippen LogP contribution in [0.1, 0.15) is 28.2 Å². The molecule has 0 aliphatic carbocycles. The van der Waals surface area contributed by atoms with Crippen LogP contribution in [-0.4, -0.2) is 15.3 Å². The maximum atomic E-state index is 9.15. The number of pyridine rings is 1. The second kappa shape index (κ2) is 5.19. The third-order valence-corrected chi connectivity index (χ3v) is 3.50. The molecule has 92 valence electrons. The van der Waals surface area contributed by atoms with Gasteiger partial charge in [0.2, 0.25) is 0 Å². The van der Waals surface area contributed by atoms with E-state index in [9.17, 15) is 0 Å². The number of hydrogen-bond donors (Lipinski definition) is 0. The third kappa shape index (κ3) is 2.51. The molecule has 0 atom stereocenters. The highest BCUT2D eigenvalue weighted by Crippen LogP contribution is 2.26. The summed E-state index contributed by atoms with van der Waals surface area (Å²) in [5, 5.41) is 17.4. The first kappa shape index (κ1) is 12.6. The molecule has 0 spiro atoms. The molecular weight excluding hydrogens is 248 g/mol. The molecule has 0 aliphatic heterocycles. The zero-order chi connectivity index (χ0) is 13.1. The van der Waals surface area contributed by atoms with Gasteiger partial charge in [-0.2, -0.15) is 5.26 Å². The van der Waals surface area contributed by atoms with Gasteiger partial charge >= 0.3 is 0 Å². The summed E-state index contributed by atoms with van der Waals surface area (Å²) >= 11 is 1.48. The number of aromatic nitrogens is 3. The van der Waals surface area contributed by atoms with Gasteiger partial charge in [-0.05, 0) is 32.4 Å². The van der Waals surface area contributed by atoms with Crippen LogP contribution in [0, 0.1) is 32.1 Å². The average Bonchev–Trinajstić information content (AvgIpc) is 2.71. The molecule has 2 aromatic rings. The molecule has 18 heavy (non-hydrogen) atoms. The van der Waals surface area contributed by atoms with Crippen molar-refractivity contribution in [1.82, 2.24) is 15.3 Å². The zero-order valence-corrected chi connectivity index (χ0v) is 11.2. The quantitative estimate of drug-likeness (QED) is 0.789. The Morgan fingerprint density at radius 3 is 2.72 bits per heavy atom. The molecule has 0 radical (unpaired) electrons. The van der Waals surface area contributed by atoms with Crippen LogP contribution in [0.4, 0.5) is 0 Å². The standard InChI is InChI=1S/C12H12N4OS/c1-7-4-8(2)14-12(10(7)5-13)18-6-11-9(3)15-17-16-11/h4H,6H2,1-3H3.